The molecule has 2 aromatic carbocycles. The lowest BCUT2D eigenvalue weighted by Gasteiger charge is -2.23. The molecule has 1 saturated heterocycles. The van der Waals surface area contributed by atoms with Crippen LogP contribution in [0.4, 0.5) is 16.3 Å². The van der Waals surface area contributed by atoms with E-state index in [2.05, 4.69) is 32.5 Å². The van der Waals surface area contributed by atoms with Crippen LogP contribution >= 0.6 is 0 Å². The summed E-state index contributed by atoms with van der Waals surface area (Å²) in [6.45, 7) is 3.18. The van der Waals surface area contributed by atoms with Crippen LogP contribution in [0.3, 0.4) is 0 Å². The molecule has 6 nitrogen and oxygen atoms in total. The summed E-state index contributed by atoms with van der Waals surface area (Å²) in [5, 5.41) is 12.1. The Kier molecular flexibility index (Phi) is 4.64. The second-order valence-electron chi connectivity index (χ2n) is 6.38. The van der Waals surface area contributed by atoms with E-state index in [-0.39, 0.29) is 6.03 Å². The van der Waals surface area contributed by atoms with Crippen molar-refractivity contribution in [2.24, 2.45) is 0 Å². The van der Waals surface area contributed by atoms with Crippen LogP contribution in [-0.2, 0) is 0 Å². The highest BCUT2D eigenvalue weighted by molar-refractivity contribution is 5.90. The minimum atomic E-state index is -0.121. The zero-order valence-electron chi connectivity index (χ0n) is 14.5. The first kappa shape index (κ1) is 16.3. The fraction of sp³-hybridized carbons (Fsp3) is 0.250. The van der Waals surface area contributed by atoms with E-state index in [4.69, 9.17) is 0 Å². The number of aromatic nitrogens is 2. The molecule has 1 aliphatic heterocycles. The lowest BCUT2D eigenvalue weighted by atomic mass is 10.2. The summed E-state index contributed by atoms with van der Waals surface area (Å²) in [7, 11) is 0. The SMILES string of the molecule is O=C(Nc1cc2ccccc2nn1)N1CCCN(c2ccccc2)CC1. The van der Waals surface area contributed by atoms with E-state index in [9.17, 15) is 4.79 Å². The normalized spacial score (nSPS) is 14.9. The predicted molar refractivity (Wildman–Crippen MR) is 103 cm³/mol. The number of benzene rings is 2. The van der Waals surface area contributed by atoms with Gasteiger partial charge in [0.05, 0.1) is 5.52 Å². The van der Waals surface area contributed by atoms with Crippen LogP contribution in [0, 0.1) is 0 Å². The van der Waals surface area contributed by atoms with Crippen LogP contribution in [0.15, 0.2) is 60.7 Å². The molecule has 0 unspecified atom stereocenters. The monoisotopic (exact) mass is 347 g/mol. The second kappa shape index (κ2) is 7.39. The lowest BCUT2D eigenvalue weighted by molar-refractivity contribution is 0.215. The zero-order chi connectivity index (χ0) is 17.8. The molecule has 3 aromatic rings. The number of amides is 2. The quantitative estimate of drug-likeness (QED) is 0.772. The fourth-order valence-corrected chi connectivity index (χ4v) is 3.25. The van der Waals surface area contributed by atoms with Gasteiger partial charge in [0, 0.05) is 37.3 Å². The van der Waals surface area contributed by atoms with Crippen LogP contribution in [0.25, 0.3) is 10.9 Å². The van der Waals surface area contributed by atoms with Crippen molar-refractivity contribution in [2.45, 2.75) is 6.42 Å². The van der Waals surface area contributed by atoms with Gasteiger partial charge in [-0.2, -0.15) is 0 Å². The predicted octanol–water partition coefficient (Wildman–Crippen LogP) is 3.37. The Morgan fingerprint density at radius 2 is 1.69 bits per heavy atom. The number of rotatable bonds is 2. The molecule has 0 radical (unpaired) electrons. The minimum absolute atomic E-state index is 0.121. The van der Waals surface area contributed by atoms with E-state index >= 15 is 0 Å². The van der Waals surface area contributed by atoms with Gasteiger partial charge in [-0.15, -0.1) is 10.2 Å². The summed E-state index contributed by atoms with van der Waals surface area (Å²) in [6.07, 6.45) is 0.936. The van der Waals surface area contributed by atoms with E-state index in [1.54, 1.807) is 0 Å². The number of fused-ring (bicyclic) bond motifs is 1. The highest BCUT2D eigenvalue weighted by Gasteiger charge is 2.19. The Hall–Kier alpha value is -3.15. The van der Waals surface area contributed by atoms with Crippen molar-refractivity contribution < 1.29 is 4.79 Å². The smallest absolute Gasteiger partial charge is 0.323 e. The Balaban J connectivity index is 1.41. The van der Waals surface area contributed by atoms with Crippen molar-refractivity contribution in [3.63, 3.8) is 0 Å². The molecule has 0 atom stereocenters. The topological polar surface area (TPSA) is 61.4 Å². The number of nitrogens with zero attached hydrogens (tertiary/aromatic N) is 4. The molecule has 1 N–H and O–H groups in total. The van der Waals surface area contributed by atoms with Crippen LogP contribution in [0.1, 0.15) is 6.42 Å². The number of carbonyl (C=O) groups excluding carboxylic acids is 1. The molecule has 1 aliphatic rings. The maximum Gasteiger partial charge on any atom is 0.323 e. The number of carbonyl (C=O) groups is 1. The number of urea groups is 1. The summed E-state index contributed by atoms with van der Waals surface area (Å²) in [5.41, 5.74) is 2.02. The highest BCUT2D eigenvalue weighted by Crippen LogP contribution is 2.17. The van der Waals surface area contributed by atoms with Crippen molar-refractivity contribution in [1.29, 1.82) is 0 Å². The van der Waals surface area contributed by atoms with E-state index in [1.165, 1.54) is 5.69 Å². The molecule has 2 amide bonds. The number of hydrogen-bond donors (Lipinski definition) is 1. The Morgan fingerprint density at radius 1 is 0.885 bits per heavy atom. The highest BCUT2D eigenvalue weighted by atomic mass is 16.2. The Bertz CT molecular complexity index is 899. The summed E-state index contributed by atoms with van der Waals surface area (Å²) >= 11 is 0. The largest absolute Gasteiger partial charge is 0.370 e. The van der Waals surface area contributed by atoms with E-state index in [0.29, 0.717) is 12.4 Å². The van der Waals surface area contributed by atoms with Gasteiger partial charge in [0.1, 0.15) is 0 Å². The molecule has 0 bridgehead atoms. The number of hydrogen-bond acceptors (Lipinski definition) is 4. The maximum absolute atomic E-state index is 12.6. The molecule has 0 aliphatic carbocycles. The van der Waals surface area contributed by atoms with Crippen molar-refractivity contribution >= 4 is 28.4 Å². The standard InChI is InChI=1S/C20H21N5O/c26-20(21-19-15-16-7-4-5-10-18(16)22-23-19)25-12-6-11-24(13-14-25)17-8-2-1-3-9-17/h1-5,7-10,15H,6,11-14H2,(H,21,23,26). The maximum atomic E-state index is 12.6. The van der Waals surface area contributed by atoms with Gasteiger partial charge in [0.25, 0.3) is 0 Å². The van der Waals surface area contributed by atoms with Crippen LogP contribution < -0.4 is 10.2 Å². The fourth-order valence-electron chi connectivity index (χ4n) is 3.25. The van der Waals surface area contributed by atoms with E-state index in [0.717, 1.165) is 37.0 Å². The summed E-state index contributed by atoms with van der Waals surface area (Å²) < 4.78 is 0. The number of nitrogens with one attached hydrogen (secondary N) is 1. The van der Waals surface area contributed by atoms with Crippen molar-refractivity contribution in [1.82, 2.24) is 15.1 Å². The van der Waals surface area contributed by atoms with Crippen LogP contribution in [-0.4, -0.2) is 47.3 Å². The van der Waals surface area contributed by atoms with E-state index in [1.807, 2.05) is 53.4 Å². The number of para-hydroxylation sites is 1. The van der Waals surface area contributed by atoms with Crippen molar-refractivity contribution in [2.75, 3.05) is 36.4 Å². The third-order valence-electron chi connectivity index (χ3n) is 4.63. The van der Waals surface area contributed by atoms with Gasteiger partial charge < -0.3 is 9.80 Å². The van der Waals surface area contributed by atoms with Crippen LogP contribution in [0.2, 0.25) is 0 Å². The summed E-state index contributed by atoms with van der Waals surface area (Å²) in [5.74, 6) is 0.484. The number of anilines is 2. The molecule has 2 heterocycles. The Labute approximate surface area is 152 Å². The first-order valence-corrected chi connectivity index (χ1v) is 8.88. The van der Waals surface area contributed by atoms with Gasteiger partial charge >= 0.3 is 6.03 Å². The first-order valence-electron chi connectivity index (χ1n) is 8.88. The van der Waals surface area contributed by atoms with Crippen molar-refractivity contribution in [3.05, 3.63) is 60.7 Å². The molecule has 0 saturated carbocycles. The van der Waals surface area contributed by atoms with Gasteiger partial charge in [-0.25, -0.2) is 4.79 Å². The van der Waals surface area contributed by atoms with Crippen LogP contribution in [0.5, 0.6) is 0 Å². The molecule has 1 fully saturated rings. The van der Waals surface area contributed by atoms with Gasteiger partial charge in [0.15, 0.2) is 5.82 Å². The average Bonchev–Trinajstić information content (AvgIpc) is 2.95. The first-order chi connectivity index (χ1) is 12.8. The third kappa shape index (κ3) is 3.59. The Morgan fingerprint density at radius 3 is 2.58 bits per heavy atom. The summed E-state index contributed by atoms with van der Waals surface area (Å²) in [4.78, 5) is 16.8. The second-order valence-corrected chi connectivity index (χ2v) is 6.38. The zero-order valence-corrected chi connectivity index (χ0v) is 14.5. The van der Waals surface area contributed by atoms with E-state index < -0.39 is 0 Å². The molecule has 0 spiro atoms. The summed E-state index contributed by atoms with van der Waals surface area (Å²) in [6, 6.07) is 19.8. The van der Waals surface area contributed by atoms with Gasteiger partial charge in [0.2, 0.25) is 0 Å². The van der Waals surface area contributed by atoms with Gasteiger partial charge in [-0.05, 0) is 30.7 Å². The third-order valence-corrected chi connectivity index (χ3v) is 4.63. The molecule has 6 heteroatoms. The molecular formula is C20H21N5O. The minimum Gasteiger partial charge on any atom is -0.370 e. The van der Waals surface area contributed by atoms with Crippen molar-refractivity contribution in [3.8, 4) is 0 Å². The molecule has 1 aromatic heterocycles. The van der Waals surface area contributed by atoms with Gasteiger partial charge in [-0.3, -0.25) is 5.32 Å². The molecular weight excluding hydrogens is 326 g/mol. The average molecular weight is 347 g/mol. The molecule has 26 heavy (non-hydrogen) atoms. The van der Waals surface area contributed by atoms with Gasteiger partial charge in [-0.1, -0.05) is 36.4 Å². The lowest BCUT2D eigenvalue weighted by Crippen LogP contribution is -2.38. The molecule has 132 valence electrons. The molecule has 4 rings (SSSR count).